The molecule has 7 nitrogen and oxygen atoms in total. The first kappa shape index (κ1) is 13.6. The maximum absolute atomic E-state index is 10.9. The number of nitro groups is 1. The maximum Gasteiger partial charge on any atom is 0.342 e. The van der Waals surface area contributed by atoms with E-state index >= 15 is 0 Å². The summed E-state index contributed by atoms with van der Waals surface area (Å²) >= 11 is 0. The molecule has 0 amide bonds. The number of aromatic carboxylic acids is 1. The molecule has 1 aromatic heterocycles. The topological polar surface area (TPSA) is 103 Å². The highest BCUT2D eigenvalue weighted by Gasteiger charge is 2.21. The Labute approximate surface area is 103 Å². The van der Waals surface area contributed by atoms with E-state index in [1.807, 2.05) is 6.92 Å². The normalized spacial score (nSPS) is 9.83. The van der Waals surface area contributed by atoms with Crippen molar-refractivity contribution in [2.75, 3.05) is 6.61 Å². The van der Waals surface area contributed by atoms with Crippen molar-refractivity contribution >= 4 is 11.7 Å². The highest BCUT2D eigenvalue weighted by atomic mass is 16.6. The summed E-state index contributed by atoms with van der Waals surface area (Å²) in [5, 5.41) is 19.4. The van der Waals surface area contributed by atoms with Crippen molar-refractivity contribution < 1.29 is 19.6 Å². The molecule has 0 saturated heterocycles. The standard InChI is InChI=1S/C11H12N2O5/c1-7(2)3-4-18-10-5-8(11(14)15)9(6-12-10)13(16)17/h5-6H,1,3-4H2,2H3,(H,14,15). The Morgan fingerprint density at radius 1 is 1.67 bits per heavy atom. The van der Waals surface area contributed by atoms with Crippen molar-refractivity contribution in [3.8, 4) is 5.88 Å². The fourth-order valence-corrected chi connectivity index (χ4v) is 1.15. The Hall–Kier alpha value is -2.44. The molecule has 1 N–H and O–H groups in total. The first-order valence-electron chi connectivity index (χ1n) is 5.06. The van der Waals surface area contributed by atoms with Gasteiger partial charge in [-0.2, -0.15) is 0 Å². The van der Waals surface area contributed by atoms with Crippen molar-refractivity contribution in [3.05, 3.63) is 40.1 Å². The molecular weight excluding hydrogens is 240 g/mol. The van der Waals surface area contributed by atoms with Crippen molar-refractivity contribution in [1.29, 1.82) is 0 Å². The summed E-state index contributed by atoms with van der Waals surface area (Å²) in [6.45, 7) is 5.81. The second-order valence-corrected chi connectivity index (χ2v) is 3.66. The van der Waals surface area contributed by atoms with Gasteiger partial charge in [0, 0.05) is 12.5 Å². The third kappa shape index (κ3) is 3.55. The lowest BCUT2D eigenvalue weighted by Crippen LogP contribution is -2.06. The fourth-order valence-electron chi connectivity index (χ4n) is 1.15. The average molecular weight is 252 g/mol. The van der Waals surface area contributed by atoms with Gasteiger partial charge in [-0.1, -0.05) is 5.57 Å². The van der Waals surface area contributed by atoms with Gasteiger partial charge in [0.05, 0.1) is 11.5 Å². The second kappa shape index (κ2) is 5.76. The van der Waals surface area contributed by atoms with Crippen LogP contribution in [-0.4, -0.2) is 27.6 Å². The van der Waals surface area contributed by atoms with Gasteiger partial charge in [0.25, 0.3) is 0 Å². The molecule has 0 aromatic carbocycles. The molecule has 1 rings (SSSR count). The molecule has 18 heavy (non-hydrogen) atoms. The van der Waals surface area contributed by atoms with Gasteiger partial charge in [0.15, 0.2) is 0 Å². The number of nitrogens with zero attached hydrogens (tertiary/aromatic N) is 2. The van der Waals surface area contributed by atoms with E-state index in [1.54, 1.807) is 0 Å². The van der Waals surface area contributed by atoms with E-state index in [9.17, 15) is 14.9 Å². The lowest BCUT2D eigenvalue weighted by Gasteiger charge is -2.05. The number of carboxylic acid groups (broad SMARTS) is 1. The lowest BCUT2D eigenvalue weighted by atomic mass is 10.2. The molecule has 7 heteroatoms. The summed E-state index contributed by atoms with van der Waals surface area (Å²) in [4.78, 5) is 24.3. The monoisotopic (exact) mass is 252 g/mol. The predicted octanol–water partition coefficient (Wildman–Crippen LogP) is 2.03. The second-order valence-electron chi connectivity index (χ2n) is 3.66. The lowest BCUT2D eigenvalue weighted by molar-refractivity contribution is -0.385. The molecule has 0 aliphatic rings. The predicted molar refractivity (Wildman–Crippen MR) is 62.8 cm³/mol. The molecule has 0 aliphatic heterocycles. The van der Waals surface area contributed by atoms with Gasteiger partial charge < -0.3 is 9.84 Å². The number of carboxylic acids is 1. The van der Waals surface area contributed by atoms with Gasteiger partial charge >= 0.3 is 11.7 Å². The van der Waals surface area contributed by atoms with Gasteiger partial charge in [-0.05, 0) is 6.92 Å². The minimum Gasteiger partial charge on any atom is -0.477 e. The van der Waals surface area contributed by atoms with E-state index in [0.717, 1.165) is 17.8 Å². The van der Waals surface area contributed by atoms with Gasteiger partial charge in [-0.3, -0.25) is 10.1 Å². The molecule has 0 saturated carbocycles. The molecular formula is C11H12N2O5. The first-order chi connectivity index (χ1) is 8.41. The number of pyridine rings is 1. The van der Waals surface area contributed by atoms with Crippen LogP contribution in [0.2, 0.25) is 0 Å². The third-order valence-corrected chi connectivity index (χ3v) is 2.06. The zero-order chi connectivity index (χ0) is 13.7. The Bertz CT molecular complexity index is 498. The zero-order valence-corrected chi connectivity index (χ0v) is 9.75. The highest BCUT2D eigenvalue weighted by molar-refractivity contribution is 5.92. The number of hydrogen-bond donors (Lipinski definition) is 1. The van der Waals surface area contributed by atoms with Crippen LogP contribution < -0.4 is 4.74 Å². The van der Waals surface area contributed by atoms with Gasteiger partial charge in [0.1, 0.15) is 11.8 Å². The van der Waals surface area contributed by atoms with Crippen molar-refractivity contribution in [3.63, 3.8) is 0 Å². The maximum atomic E-state index is 10.9. The van der Waals surface area contributed by atoms with E-state index in [1.165, 1.54) is 0 Å². The Balaban J connectivity index is 2.90. The van der Waals surface area contributed by atoms with Crippen LogP contribution in [0.15, 0.2) is 24.4 Å². The number of aromatic nitrogens is 1. The quantitative estimate of drug-likeness (QED) is 0.472. The molecule has 0 bridgehead atoms. The van der Waals surface area contributed by atoms with Crippen molar-refractivity contribution in [2.45, 2.75) is 13.3 Å². The molecule has 0 fully saturated rings. The molecule has 0 spiro atoms. The number of rotatable bonds is 6. The summed E-state index contributed by atoms with van der Waals surface area (Å²) in [7, 11) is 0. The van der Waals surface area contributed by atoms with E-state index in [-0.39, 0.29) is 5.88 Å². The summed E-state index contributed by atoms with van der Waals surface area (Å²) < 4.78 is 5.18. The fraction of sp³-hybridized carbons (Fsp3) is 0.273. The van der Waals surface area contributed by atoms with E-state index in [2.05, 4.69) is 11.6 Å². The molecule has 0 atom stereocenters. The summed E-state index contributed by atoms with van der Waals surface area (Å²) in [6, 6.07) is 1.04. The first-order valence-corrected chi connectivity index (χ1v) is 5.06. The molecule has 0 aliphatic carbocycles. The van der Waals surface area contributed by atoms with Gasteiger partial charge in [0.2, 0.25) is 5.88 Å². The minimum atomic E-state index is -1.39. The zero-order valence-electron chi connectivity index (χ0n) is 9.75. The molecule has 1 aromatic rings. The van der Waals surface area contributed by atoms with E-state index in [0.29, 0.717) is 13.0 Å². The van der Waals surface area contributed by atoms with Crippen LogP contribution in [0.3, 0.4) is 0 Å². The summed E-state index contributed by atoms with van der Waals surface area (Å²) in [6.07, 6.45) is 1.47. The van der Waals surface area contributed by atoms with Crippen LogP contribution in [0.25, 0.3) is 0 Å². The minimum absolute atomic E-state index is 0.0410. The van der Waals surface area contributed by atoms with Crippen LogP contribution in [0.1, 0.15) is 23.7 Å². The molecule has 96 valence electrons. The van der Waals surface area contributed by atoms with Crippen LogP contribution in [0.5, 0.6) is 5.88 Å². The largest absolute Gasteiger partial charge is 0.477 e. The smallest absolute Gasteiger partial charge is 0.342 e. The Kier molecular flexibility index (Phi) is 4.36. The highest BCUT2D eigenvalue weighted by Crippen LogP contribution is 2.21. The Morgan fingerprint density at radius 3 is 2.83 bits per heavy atom. The van der Waals surface area contributed by atoms with E-state index < -0.39 is 22.1 Å². The van der Waals surface area contributed by atoms with Crippen LogP contribution in [0, 0.1) is 10.1 Å². The average Bonchev–Trinajstić information content (AvgIpc) is 2.28. The summed E-state index contributed by atoms with van der Waals surface area (Å²) in [5.41, 5.74) is -0.0922. The van der Waals surface area contributed by atoms with Gasteiger partial charge in [-0.25, -0.2) is 9.78 Å². The van der Waals surface area contributed by atoms with Crippen molar-refractivity contribution in [1.82, 2.24) is 4.98 Å². The summed E-state index contributed by atoms with van der Waals surface area (Å²) in [5.74, 6) is -1.35. The van der Waals surface area contributed by atoms with E-state index in [4.69, 9.17) is 9.84 Å². The number of ether oxygens (including phenoxy) is 1. The van der Waals surface area contributed by atoms with Crippen LogP contribution >= 0.6 is 0 Å². The van der Waals surface area contributed by atoms with Gasteiger partial charge in [-0.15, -0.1) is 6.58 Å². The van der Waals surface area contributed by atoms with Crippen LogP contribution in [0.4, 0.5) is 5.69 Å². The van der Waals surface area contributed by atoms with Crippen LogP contribution in [-0.2, 0) is 0 Å². The van der Waals surface area contributed by atoms with Crippen molar-refractivity contribution in [2.24, 2.45) is 0 Å². The molecule has 0 radical (unpaired) electrons. The Morgan fingerprint density at radius 2 is 2.33 bits per heavy atom. The molecule has 0 unspecified atom stereocenters. The molecule has 1 heterocycles. The third-order valence-electron chi connectivity index (χ3n) is 2.06. The number of carbonyl (C=O) groups is 1. The SMILES string of the molecule is C=C(C)CCOc1cc(C(=O)O)c([N+](=O)[O-])cn1. The number of hydrogen-bond acceptors (Lipinski definition) is 5.